The second-order valence-corrected chi connectivity index (χ2v) is 13.9. The Labute approximate surface area is 296 Å². The predicted molar refractivity (Wildman–Crippen MR) is 204 cm³/mol. The fourth-order valence-corrected chi connectivity index (χ4v) is 7.14. The zero-order chi connectivity index (χ0) is 34.4. The second-order valence-electron chi connectivity index (χ2n) is 13.9. The fraction of sp³-hybridized carbons (Fsp3) is 0.455. The van der Waals surface area contributed by atoms with Gasteiger partial charge in [-0.2, -0.15) is 0 Å². The van der Waals surface area contributed by atoms with Crippen molar-refractivity contribution in [1.29, 1.82) is 0 Å². The van der Waals surface area contributed by atoms with E-state index in [1.807, 2.05) is 36.4 Å². The van der Waals surface area contributed by atoms with Crippen LogP contribution in [0.15, 0.2) is 109 Å². The van der Waals surface area contributed by atoms with E-state index in [1.54, 1.807) is 12.1 Å². The summed E-state index contributed by atoms with van der Waals surface area (Å²) in [6.07, 6.45) is 14.4. The Kier molecular flexibility index (Phi) is 17.3. The van der Waals surface area contributed by atoms with Crippen LogP contribution in [0.5, 0.6) is 11.5 Å². The molecule has 5 nitrogen and oxygen atoms in total. The number of para-hydroxylation sites is 2. The van der Waals surface area contributed by atoms with Crippen molar-refractivity contribution in [3.63, 3.8) is 0 Å². The summed E-state index contributed by atoms with van der Waals surface area (Å²) in [5.74, 6) is 0.773. The highest BCUT2D eigenvalue weighted by atomic mass is 16.3. The summed E-state index contributed by atoms with van der Waals surface area (Å²) in [6, 6.07) is 36.8. The largest absolute Gasteiger partial charge is 0.508 e. The number of hydrogen-bond acceptors (Lipinski definition) is 4. The molecular formula is C44H61N2O3+. The summed E-state index contributed by atoms with van der Waals surface area (Å²) in [7, 11) is 0. The van der Waals surface area contributed by atoms with Crippen LogP contribution in [0, 0.1) is 0 Å². The highest BCUT2D eigenvalue weighted by molar-refractivity contribution is 5.32. The molecule has 4 aromatic rings. The number of hydrogen-bond donors (Lipinski definition) is 3. The van der Waals surface area contributed by atoms with E-state index in [2.05, 4.69) is 65.6 Å². The van der Waals surface area contributed by atoms with E-state index in [0.717, 1.165) is 80.7 Å². The van der Waals surface area contributed by atoms with E-state index in [9.17, 15) is 15.3 Å². The maximum absolute atomic E-state index is 10.4. The van der Waals surface area contributed by atoms with Crippen LogP contribution in [0.25, 0.3) is 0 Å². The van der Waals surface area contributed by atoms with Crippen LogP contribution in [-0.4, -0.2) is 64.0 Å². The summed E-state index contributed by atoms with van der Waals surface area (Å²) >= 11 is 0. The van der Waals surface area contributed by atoms with E-state index < -0.39 is 0 Å². The standard InChI is InChI=1S/C44H60N2O3/c47-36-35-46(38-40-23-13-10-14-24-40,34-30-42-26-16-18-28-44(42)49)33-20-8-6-4-2-1-3-5-7-19-31-45(37-39-21-11-9-12-22-39)32-29-41-25-15-17-27-43(41)48/h9-18,21-28,47H,1-8,19-20,29-38H2,(H-,48,49)/p+1. The van der Waals surface area contributed by atoms with Crippen molar-refractivity contribution in [1.82, 2.24) is 4.90 Å². The minimum Gasteiger partial charge on any atom is -0.508 e. The molecule has 0 heterocycles. The Bertz CT molecular complexity index is 1430. The summed E-state index contributed by atoms with van der Waals surface area (Å²) in [6.45, 7) is 6.79. The average molecular weight is 666 g/mol. The van der Waals surface area contributed by atoms with Gasteiger partial charge in [-0.3, -0.25) is 4.90 Å². The van der Waals surface area contributed by atoms with Crippen molar-refractivity contribution in [3.8, 4) is 11.5 Å². The zero-order valence-corrected chi connectivity index (χ0v) is 29.8. The second kappa shape index (κ2) is 22.2. The molecule has 264 valence electrons. The Morgan fingerprint density at radius 1 is 0.449 bits per heavy atom. The number of aromatic hydroxyl groups is 2. The molecule has 3 N–H and O–H groups in total. The van der Waals surface area contributed by atoms with Crippen LogP contribution < -0.4 is 0 Å². The molecule has 49 heavy (non-hydrogen) atoms. The van der Waals surface area contributed by atoms with Gasteiger partial charge in [0.15, 0.2) is 0 Å². The molecule has 0 saturated carbocycles. The number of phenols is 2. The van der Waals surface area contributed by atoms with Gasteiger partial charge in [-0.25, -0.2) is 0 Å². The van der Waals surface area contributed by atoms with Crippen LogP contribution in [0.4, 0.5) is 0 Å². The molecule has 0 amide bonds. The number of nitrogens with zero attached hydrogens (tertiary/aromatic N) is 2. The van der Waals surface area contributed by atoms with Crippen LogP contribution in [0.1, 0.15) is 86.5 Å². The summed E-state index contributed by atoms with van der Waals surface area (Å²) in [4.78, 5) is 2.54. The van der Waals surface area contributed by atoms with Crippen LogP contribution >= 0.6 is 0 Å². The molecule has 1 unspecified atom stereocenters. The molecule has 0 fully saturated rings. The van der Waals surface area contributed by atoms with Gasteiger partial charge in [0, 0.05) is 25.1 Å². The quantitative estimate of drug-likeness (QED) is 0.0488. The minimum atomic E-state index is 0.177. The average Bonchev–Trinajstić information content (AvgIpc) is 3.12. The molecular weight excluding hydrogens is 604 g/mol. The van der Waals surface area contributed by atoms with E-state index in [-0.39, 0.29) is 6.61 Å². The van der Waals surface area contributed by atoms with Crippen molar-refractivity contribution in [2.75, 3.05) is 39.3 Å². The first kappa shape index (κ1) is 38.2. The Balaban J connectivity index is 1.12. The van der Waals surface area contributed by atoms with Crippen molar-refractivity contribution >= 4 is 0 Å². The van der Waals surface area contributed by atoms with Gasteiger partial charge < -0.3 is 19.8 Å². The number of benzene rings is 4. The van der Waals surface area contributed by atoms with Gasteiger partial charge in [0.05, 0.1) is 19.7 Å². The molecule has 4 rings (SSSR count). The van der Waals surface area contributed by atoms with Crippen LogP contribution in [0.3, 0.4) is 0 Å². The predicted octanol–water partition coefficient (Wildman–Crippen LogP) is 9.30. The summed E-state index contributed by atoms with van der Waals surface area (Å²) in [5, 5.41) is 30.7. The third-order valence-corrected chi connectivity index (χ3v) is 10.1. The highest BCUT2D eigenvalue weighted by Gasteiger charge is 2.27. The Morgan fingerprint density at radius 2 is 0.939 bits per heavy atom. The maximum Gasteiger partial charge on any atom is 0.118 e. The Morgan fingerprint density at radius 3 is 1.51 bits per heavy atom. The number of rotatable bonds is 25. The first-order valence-corrected chi connectivity index (χ1v) is 18.9. The number of unbranched alkanes of at least 4 members (excludes halogenated alkanes) is 9. The van der Waals surface area contributed by atoms with Crippen molar-refractivity contribution in [3.05, 3.63) is 131 Å². The zero-order valence-electron chi connectivity index (χ0n) is 29.8. The normalized spacial score (nSPS) is 12.7. The van der Waals surface area contributed by atoms with E-state index in [0.29, 0.717) is 11.5 Å². The molecule has 0 aliphatic heterocycles. The lowest BCUT2D eigenvalue weighted by Crippen LogP contribution is -2.51. The van der Waals surface area contributed by atoms with Gasteiger partial charge in [0.25, 0.3) is 0 Å². The van der Waals surface area contributed by atoms with Gasteiger partial charge in [-0.1, -0.05) is 142 Å². The molecule has 0 saturated heterocycles. The number of phenolic OH excluding ortho intramolecular Hbond substituents is 2. The minimum absolute atomic E-state index is 0.177. The van der Waals surface area contributed by atoms with Gasteiger partial charge in [0.1, 0.15) is 24.6 Å². The topological polar surface area (TPSA) is 63.9 Å². The molecule has 5 heteroatoms. The molecule has 0 spiro atoms. The van der Waals surface area contributed by atoms with Gasteiger partial charge in [-0.15, -0.1) is 0 Å². The van der Waals surface area contributed by atoms with Gasteiger partial charge >= 0.3 is 0 Å². The number of aliphatic hydroxyl groups is 1. The Hall–Kier alpha value is -3.64. The van der Waals surface area contributed by atoms with Crippen molar-refractivity contribution in [2.24, 2.45) is 0 Å². The van der Waals surface area contributed by atoms with Crippen LogP contribution in [0.2, 0.25) is 0 Å². The third-order valence-electron chi connectivity index (χ3n) is 10.1. The fourth-order valence-electron chi connectivity index (χ4n) is 7.14. The molecule has 0 aromatic heterocycles. The van der Waals surface area contributed by atoms with Gasteiger partial charge in [-0.05, 0) is 61.1 Å². The molecule has 1 atom stereocenters. The molecule has 0 aliphatic carbocycles. The lowest BCUT2D eigenvalue weighted by Gasteiger charge is -2.39. The number of aliphatic hydroxyl groups excluding tert-OH is 1. The van der Waals surface area contributed by atoms with Crippen molar-refractivity contribution < 1.29 is 19.8 Å². The number of quaternary nitrogens is 1. The van der Waals surface area contributed by atoms with E-state index in [1.165, 1.54) is 68.9 Å². The third kappa shape index (κ3) is 14.4. The molecule has 0 bridgehead atoms. The smallest absolute Gasteiger partial charge is 0.118 e. The summed E-state index contributed by atoms with van der Waals surface area (Å²) < 4.78 is 0.854. The first-order valence-electron chi connectivity index (χ1n) is 18.9. The van der Waals surface area contributed by atoms with E-state index in [4.69, 9.17) is 0 Å². The SMILES string of the molecule is OCC[N+](CCCCCCCCCCCCN(CCc1ccccc1O)Cc1ccccc1)(CCc1ccccc1O)Cc1ccccc1. The lowest BCUT2D eigenvalue weighted by molar-refractivity contribution is -0.941. The highest BCUT2D eigenvalue weighted by Crippen LogP contribution is 2.23. The maximum atomic E-state index is 10.4. The molecule has 4 aromatic carbocycles. The van der Waals surface area contributed by atoms with Gasteiger partial charge in [0.2, 0.25) is 0 Å². The lowest BCUT2D eigenvalue weighted by atomic mass is 10.0. The van der Waals surface area contributed by atoms with Crippen LogP contribution in [-0.2, 0) is 25.9 Å². The molecule has 0 aliphatic rings. The monoisotopic (exact) mass is 665 g/mol. The summed E-state index contributed by atoms with van der Waals surface area (Å²) in [5.41, 5.74) is 4.68. The first-order chi connectivity index (χ1) is 24.1. The van der Waals surface area contributed by atoms with E-state index >= 15 is 0 Å². The van der Waals surface area contributed by atoms with Crippen molar-refractivity contribution in [2.45, 2.75) is 90.1 Å². The molecule has 0 radical (unpaired) electrons.